The Balaban J connectivity index is 1.38. The Labute approximate surface area is 212 Å². The number of aliphatic hydroxyl groups excluding tert-OH is 1. The Bertz CT molecular complexity index is 1150. The molecule has 35 heavy (non-hydrogen) atoms. The molecule has 2 saturated heterocycles. The number of piperazine rings is 1. The average molecular weight is 494 g/mol. The fourth-order valence-corrected chi connectivity index (χ4v) is 5.43. The summed E-state index contributed by atoms with van der Waals surface area (Å²) in [4.78, 5) is 8.78. The lowest BCUT2D eigenvalue weighted by atomic mass is 9.94. The Morgan fingerprint density at radius 2 is 1.71 bits per heavy atom. The highest BCUT2D eigenvalue weighted by molar-refractivity contribution is 6.30. The summed E-state index contributed by atoms with van der Waals surface area (Å²) in [5, 5.41) is 21.7. The third-order valence-corrected chi connectivity index (χ3v) is 7.58. The molecule has 0 aromatic heterocycles. The number of rotatable bonds is 4. The quantitative estimate of drug-likeness (QED) is 0.697. The number of benzene rings is 2. The Morgan fingerprint density at radius 3 is 2.40 bits per heavy atom. The monoisotopic (exact) mass is 493 g/mol. The zero-order valence-corrected chi connectivity index (χ0v) is 21.1. The van der Waals surface area contributed by atoms with Crippen molar-refractivity contribution in [3.05, 3.63) is 58.6 Å². The van der Waals surface area contributed by atoms with Gasteiger partial charge in [0, 0.05) is 75.4 Å². The standard InChI is InChI=1S/C27H32ClN5O2/c1-30-12-14-32(15-13-30)20-6-7-23-25(17-20)31(2)27(34)24(18-29)26(23)33-10-8-21(9-11-33)35-22-5-3-4-19(28)16-22/h3-7,16-17,21,27,34H,8-15H2,1-2H3. The summed E-state index contributed by atoms with van der Waals surface area (Å²) in [6.07, 6.45) is 0.780. The molecule has 0 aliphatic carbocycles. The lowest BCUT2D eigenvalue weighted by Crippen LogP contribution is -2.45. The van der Waals surface area contributed by atoms with Gasteiger partial charge in [0.05, 0.1) is 11.4 Å². The fraction of sp³-hybridized carbons (Fsp3) is 0.444. The van der Waals surface area contributed by atoms with Gasteiger partial charge in [-0.15, -0.1) is 0 Å². The van der Waals surface area contributed by atoms with Gasteiger partial charge >= 0.3 is 0 Å². The fourth-order valence-electron chi connectivity index (χ4n) is 5.25. The number of ether oxygens (including phenoxy) is 1. The molecule has 8 heteroatoms. The van der Waals surface area contributed by atoms with E-state index in [-0.39, 0.29) is 6.10 Å². The molecule has 2 fully saturated rings. The lowest BCUT2D eigenvalue weighted by Gasteiger charge is -2.42. The average Bonchev–Trinajstić information content (AvgIpc) is 2.87. The number of likely N-dealkylation sites (N-methyl/N-ethyl adjacent to an activating group) is 2. The first-order valence-corrected chi connectivity index (χ1v) is 12.6. The van der Waals surface area contributed by atoms with Gasteiger partial charge < -0.3 is 29.4 Å². The smallest absolute Gasteiger partial charge is 0.165 e. The second kappa shape index (κ2) is 9.98. The van der Waals surface area contributed by atoms with Gasteiger partial charge in [-0.2, -0.15) is 5.26 Å². The number of nitriles is 1. The van der Waals surface area contributed by atoms with Crippen LogP contribution in [0.4, 0.5) is 11.4 Å². The van der Waals surface area contributed by atoms with Crippen molar-refractivity contribution >= 4 is 28.7 Å². The molecule has 0 radical (unpaired) electrons. The number of halogens is 1. The van der Waals surface area contributed by atoms with E-state index in [9.17, 15) is 10.4 Å². The molecule has 2 aromatic rings. The van der Waals surface area contributed by atoms with Gasteiger partial charge in [0.25, 0.3) is 0 Å². The van der Waals surface area contributed by atoms with Crippen LogP contribution >= 0.6 is 11.6 Å². The minimum atomic E-state index is -0.967. The summed E-state index contributed by atoms with van der Waals surface area (Å²) in [6.45, 7) is 5.53. The predicted molar refractivity (Wildman–Crippen MR) is 140 cm³/mol. The van der Waals surface area contributed by atoms with Gasteiger partial charge in [0.1, 0.15) is 23.5 Å². The molecule has 1 N–H and O–H groups in total. The summed E-state index contributed by atoms with van der Waals surface area (Å²) < 4.78 is 6.16. The molecule has 0 amide bonds. The van der Waals surface area contributed by atoms with E-state index in [0.717, 1.165) is 80.5 Å². The number of anilines is 2. The SMILES string of the molecule is CN1CCN(c2ccc3c(c2)N(C)C(O)C(C#N)=C3N2CCC(Oc3cccc(Cl)c3)CC2)CC1. The van der Waals surface area contributed by atoms with E-state index in [2.05, 4.69) is 46.0 Å². The van der Waals surface area contributed by atoms with Crippen molar-refractivity contribution in [2.45, 2.75) is 25.2 Å². The van der Waals surface area contributed by atoms with E-state index >= 15 is 0 Å². The molecular formula is C27H32ClN5O2. The van der Waals surface area contributed by atoms with Gasteiger partial charge in [0.15, 0.2) is 6.23 Å². The van der Waals surface area contributed by atoms with Crippen molar-refractivity contribution in [1.82, 2.24) is 9.80 Å². The second-order valence-corrected chi connectivity index (χ2v) is 10.0. The largest absolute Gasteiger partial charge is 0.490 e. The highest BCUT2D eigenvalue weighted by Crippen LogP contribution is 2.41. The number of hydrogen-bond donors (Lipinski definition) is 1. The van der Waals surface area contributed by atoms with Crippen molar-refractivity contribution < 1.29 is 9.84 Å². The minimum Gasteiger partial charge on any atom is -0.490 e. The van der Waals surface area contributed by atoms with Crippen LogP contribution in [0.1, 0.15) is 18.4 Å². The first-order valence-electron chi connectivity index (χ1n) is 12.2. The van der Waals surface area contributed by atoms with Crippen molar-refractivity contribution in [1.29, 1.82) is 5.26 Å². The van der Waals surface area contributed by atoms with Crippen molar-refractivity contribution in [3.63, 3.8) is 0 Å². The van der Waals surface area contributed by atoms with Crippen molar-refractivity contribution in [2.75, 3.05) is 63.2 Å². The zero-order chi connectivity index (χ0) is 24.5. The van der Waals surface area contributed by atoms with E-state index in [1.807, 2.05) is 36.2 Å². The Kier molecular flexibility index (Phi) is 6.79. The number of hydrogen-bond acceptors (Lipinski definition) is 7. The maximum Gasteiger partial charge on any atom is 0.165 e. The van der Waals surface area contributed by atoms with Gasteiger partial charge in [-0.3, -0.25) is 0 Å². The molecule has 184 valence electrons. The molecule has 0 spiro atoms. The van der Waals surface area contributed by atoms with Crippen LogP contribution in [0, 0.1) is 11.3 Å². The van der Waals surface area contributed by atoms with Crippen LogP contribution in [0.3, 0.4) is 0 Å². The lowest BCUT2D eigenvalue weighted by molar-refractivity contribution is 0.126. The molecule has 1 unspecified atom stereocenters. The topological polar surface area (TPSA) is 66.2 Å². The molecular weight excluding hydrogens is 462 g/mol. The number of likely N-dealkylation sites (tertiary alicyclic amines) is 1. The third-order valence-electron chi connectivity index (χ3n) is 7.34. The summed E-state index contributed by atoms with van der Waals surface area (Å²) in [7, 11) is 4.01. The molecule has 1 atom stereocenters. The normalized spacial score (nSPS) is 21.7. The Hall–Kier alpha value is -2.92. The van der Waals surface area contributed by atoms with Crippen LogP contribution in [0.15, 0.2) is 48.0 Å². The zero-order valence-electron chi connectivity index (χ0n) is 20.3. The number of piperidine rings is 1. The molecule has 3 aliphatic heterocycles. The second-order valence-electron chi connectivity index (χ2n) is 9.61. The highest BCUT2D eigenvalue weighted by Gasteiger charge is 2.35. The first kappa shape index (κ1) is 23.8. The van der Waals surface area contributed by atoms with Crippen molar-refractivity contribution in [3.8, 4) is 11.8 Å². The van der Waals surface area contributed by atoms with E-state index in [4.69, 9.17) is 16.3 Å². The van der Waals surface area contributed by atoms with Gasteiger partial charge in [-0.1, -0.05) is 17.7 Å². The molecule has 3 aliphatic rings. The van der Waals surface area contributed by atoms with Crippen LogP contribution in [0.2, 0.25) is 5.02 Å². The molecule has 7 nitrogen and oxygen atoms in total. The molecule has 3 heterocycles. The molecule has 0 saturated carbocycles. The Morgan fingerprint density at radius 1 is 0.971 bits per heavy atom. The van der Waals surface area contributed by atoms with Gasteiger partial charge in [0.2, 0.25) is 0 Å². The summed E-state index contributed by atoms with van der Waals surface area (Å²) in [6, 6.07) is 16.2. The van der Waals surface area contributed by atoms with Crippen LogP contribution < -0.4 is 14.5 Å². The highest BCUT2D eigenvalue weighted by atomic mass is 35.5. The van der Waals surface area contributed by atoms with E-state index in [1.54, 1.807) is 0 Å². The van der Waals surface area contributed by atoms with Crippen LogP contribution in [0.25, 0.3) is 5.70 Å². The van der Waals surface area contributed by atoms with E-state index in [0.29, 0.717) is 10.6 Å². The third kappa shape index (κ3) is 4.79. The molecule has 5 rings (SSSR count). The number of nitrogens with zero attached hydrogens (tertiary/aromatic N) is 5. The van der Waals surface area contributed by atoms with Crippen molar-refractivity contribution in [2.24, 2.45) is 0 Å². The van der Waals surface area contributed by atoms with E-state index in [1.165, 1.54) is 0 Å². The molecule has 0 bridgehead atoms. The number of fused-ring (bicyclic) bond motifs is 1. The molecule has 2 aromatic carbocycles. The van der Waals surface area contributed by atoms with Crippen LogP contribution in [-0.2, 0) is 0 Å². The van der Waals surface area contributed by atoms with Crippen LogP contribution in [0.5, 0.6) is 5.75 Å². The van der Waals surface area contributed by atoms with Gasteiger partial charge in [-0.25, -0.2) is 0 Å². The minimum absolute atomic E-state index is 0.0890. The predicted octanol–water partition coefficient (Wildman–Crippen LogP) is 3.64. The van der Waals surface area contributed by atoms with E-state index < -0.39 is 6.23 Å². The number of aliphatic hydroxyl groups is 1. The van der Waals surface area contributed by atoms with Crippen LogP contribution in [-0.4, -0.2) is 80.6 Å². The first-order chi connectivity index (χ1) is 16.9. The summed E-state index contributed by atoms with van der Waals surface area (Å²) in [5.74, 6) is 0.782. The summed E-state index contributed by atoms with van der Waals surface area (Å²) >= 11 is 6.10. The maximum atomic E-state index is 11.1. The summed E-state index contributed by atoms with van der Waals surface area (Å²) in [5.41, 5.74) is 4.37. The maximum absolute atomic E-state index is 11.1. The van der Waals surface area contributed by atoms with Gasteiger partial charge in [-0.05, 0) is 43.4 Å².